The van der Waals surface area contributed by atoms with E-state index in [0.717, 1.165) is 35.5 Å². The highest BCUT2D eigenvalue weighted by atomic mass is 16.2. The molecule has 0 saturated carbocycles. The first-order valence-electron chi connectivity index (χ1n) is 7.68. The van der Waals surface area contributed by atoms with Crippen molar-refractivity contribution in [2.45, 2.75) is 32.9 Å². The molecule has 0 spiro atoms. The van der Waals surface area contributed by atoms with Gasteiger partial charge in [-0.25, -0.2) is 0 Å². The van der Waals surface area contributed by atoms with Crippen LogP contribution in [-0.4, -0.2) is 39.7 Å². The largest absolute Gasteiger partial charge is 0.337 e. The second-order valence-corrected chi connectivity index (χ2v) is 6.09. The monoisotopic (exact) mass is 298 g/mol. The topological polar surface area (TPSA) is 64.2 Å². The molecule has 22 heavy (non-hydrogen) atoms. The quantitative estimate of drug-likeness (QED) is 0.938. The summed E-state index contributed by atoms with van der Waals surface area (Å²) in [7, 11) is 0. The van der Waals surface area contributed by atoms with Gasteiger partial charge < -0.3 is 10.6 Å². The summed E-state index contributed by atoms with van der Waals surface area (Å²) in [6.07, 6.45) is 0.886. The number of nitrogens with two attached hydrogens (primary N) is 1. The van der Waals surface area contributed by atoms with Crippen LogP contribution in [0.25, 0.3) is 0 Å². The molecule has 1 aromatic heterocycles. The van der Waals surface area contributed by atoms with E-state index in [1.54, 1.807) is 0 Å². The Morgan fingerprint density at radius 2 is 2.18 bits per heavy atom. The van der Waals surface area contributed by atoms with E-state index in [1.807, 2.05) is 47.7 Å². The Balaban J connectivity index is 1.77. The van der Waals surface area contributed by atoms with Crippen LogP contribution >= 0.6 is 0 Å². The van der Waals surface area contributed by atoms with Crippen molar-refractivity contribution in [3.05, 3.63) is 52.8 Å². The van der Waals surface area contributed by atoms with Crippen LogP contribution in [-0.2, 0) is 6.54 Å². The smallest absolute Gasteiger partial charge is 0.253 e. The average molecular weight is 298 g/mol. The minimum Gasteiger partial charge on any atom is -0.337 e. The Kier molecular flexibility index (Phi) is 3.98. The number of hydrogen-bond donors (Lipinski definition) is 1. The molecule has 5 heteroatoms. The van der Waals surface area contributed by atoms with Crippen LogP contribution in [0, 0.1) is 13.8 Å². The zero-order valence-corrected chi connectivity index (χ0v) is 13.1. The van der Waals surface area contributed by atoms with Crippen LogP contribution in [0.4, 0.5) is 0 Å². The van der Waals surface area contributed by atoms with Crippen molar-refractivity contribution in [3.63, 3.8) is 0 Å². The first-order valence-corrected chi connectivity index (χ1v) is 7.68. The number of carbonyl (C=O) groups is 1. The fraction of sp³-hybridized carbons (Fsp3) is 0.412. The van der Waals surface area contributed by atoms with E-state index in [-0.39, 0.29) is 11.9 Å². The van der Waals surface area contributed by atoms with Gasteiger partial charge in [0.2, 0.25) is 0 Å². The molecule has 1 amide bonds. The predicted octanol–water partition coefficient (Wildman–Crippen LogP) is 1.72. The number of hydrogen-bond acceptors (Lipinski definition) is 3. The lowest BCUT2D eigenvalue weighted by Crippen LogP contribution is -2.31. The van der Waals surface area contributed by atoms with Crippen molar-refractivity contribution in [1.82, 2.24) is 14.7 Å². The molecule has 116 valence electrons. The number of benzene rings is 1. The molecule has 1 aliphatic heterocycles. The number of amides is 1. The molecule has 1 atom stereocenters. The van der Waals surface area contributed by atoms with Gasteiger partial charge in [-0.2, -0.15) is 5.10 Å². The van der Waals surface area contributed by atoms with Gasteiger partial charge in [0.25, 0.3) is 5.91 Å². The maximum absolute atomic E-state index is 12.5. The summed E-state index contributed by atoms with van der Waals surface area (Å²) in [6.45, 7) is 6.11. The SMILES string of the molecule is Cc1cc(C)n(Cc2cccc(C(=O)N3CC[C@H](N)C3)c2)n1. The number of carbonyl (C=O) groups excluding carboxylic acids is 1. The Morgan fingerprint density at radius 1 is 1.36 bits per heavy atom. The molecule has 1 fully saturated rings. The van der Waals surface area contributed by atoms with Gasteiger partial charge in [-0.05, 0) is 44.0 Å². The van der Waals surface area contributed by atoms with Crippen LogP contribution in [0.15, 0.2) is 30.3 Å². The highest BCUT2D eigenvalue weighted by Gasteiger charge is 2.24. The van der Waals surface area contributed by atoms with E-state index in [0.29, 0.717) is 13.1 Å². The van der Waals surface area contributed by atoms with Gasteiger partial charge in [0.15, 0.2) is 0 Å². The molecule has 1 aromatic carbocycles. The lowest BCUT2D eigenvalue weighted by atomic mass is 10.1. The number of nitrogens with zero attached hydrogens (tertiary/aromatic N) is 3. The van der Waals surface area contributed by atoms with Gasteiger partial charge >= 0.3 is 0 Å². The second kappa shape index (κ2) is 5.93. The number of aromatic nitrogens is 2. The zero-order chi connectivity index (χ0) is 15.7. The van der Waals surface area contributed by atoms with Gasteiger partial charge in [-0.1, -0.05) is 12.1 Å². The normalized spacial score (nSPS) is 18.0. The van der Waals surface area contributed by atoms with Gasteiger partial charge in [0.1, 0.15) is 0 Å². The average Bonchev–Trinajstić information content (AvgIpc) is 3.05. The summed E-state index contributed by atoms with van der Waals surface area (Å²) in [5, 5.41) is 4.47. The first kappa shape index (κ1) is 14.8. The van der Waals surface area contributed by atoms with Crippen LogP contribution in [0.5, 0.6) is 0 Å². The van der Waals surface area contributed by atoms with Gasteiger partial charge in [0.05, 0.1) is 12.2 Å². The Morgan fingerprint density at radius 3 is 2.82 bits per heavy atom. The zero-order valence-electron chi connectivity index (χ0n) is 13.1. The van der Waals surface area contributed by atoms with Crippen molar-refractivity contribution in [3.8, 4) is 0 Å². The standard InChI is InChI=1S/C17H22N4O/c1-12-8-13(2)21(19-12)10-14-4-3-5-15(9-14)17(22)20-7-6-16(18)11-20/h3-5,8-9,16H,6-7,10-11,18H2,1-2H3/t16-/m0/s1. The maximum atomic E-state index is 12.5. The van der Waals surface area contributed by atoms with E-state index in [4.69, 9.17) is 5.73 Å². The highest BCUT2D eigenvalue weighted by molar-refractivity contribution is 5.94. The molecule has 0 radical (unpaired) electrons. The van der Waals surface area contributed by atoms with Crippen molar-refractivity contribution in [2.75, 3.05) is 13.1 Å². The lowest BCUT2D eigenvalue weighted by molar-refractivity contribution is 0.0790. The van der Waals surface area contributed by atoms with E-state index in [1.165, 1.54) is 0 Å². The number of aryl methyl sites for hydroxylation is 2. The van der Waals surface area contributed by atoms with Crippen molar-refractivity contribution in [1.29, 1.82) is 0 Å². The molecule has 2 N–H and O–H groups in total. The van der Waals surface area contributed by atoms with Crippen molar-refractivity contribution < 1.29 is 4.79 Å². The molecule has 0 aliphatic carbocycles. The molecule has 3 rings (SSSR count). The van der Waals surface area contributed by atoms with Gasteiger partial charge in [-0.15, -0.1) is 0 Å². The lowest BCUT2D eigenvalue weighted by Gasteiger charge is -2.16. The summed E-state index contributed by atoms with van der Waals surface area (Å²) in [6, 6.07) is 9.97. The van der Waals surface area contributed by atoms with Gasteiger partial charge in [-0.3, -0.25) is 9.48 Å². The molecule has 2 heterocycles. The third-order valence-corrected chi connectivity index (χ3v) is 4.12. The minimum absolute atomic E-state index is 0.0724. The maximum Gasteiger partial charge on any atom is 0.253 e. The molecule has 2 aromatic rings. The fourth-order valence-electron chi connectivity index (χ4n) is 2.97. The third kappa shape index (κ3) is 3.04. The molecule has 1 aliphatic rings. The van der Waals surface area contributed by atoms with E-state index in [2.05, 4.69) is 11.2 Å². The van der Waals surface area contributed by atoms with Crippen LogP contribution in [0.2, 0.25) is 0 Å². The summed E-state index contributed by atoms with van der Waals surface area (Å²) < 4.78 is 1.96. The molecular formula is C17H22N4O. The molecular weight excluding hydrogens is 276 g/mol. The number of likely N-dealkylation sites (tertiary alicyclic amines) is 1. The van der Waals surface area contributed by atoms with Crippen LogP contribution in [0.3, 0.4) is 0 Å². The summed E-state index contributed by atoms with van der Waals surface area (Å²) >= 11 is 0. The highest BCUT2D eigenvalue weighted by Crippen LogP contribution is 2.15. The Labute approximate surface area is 130 Å². The summed E-state index contributed by atoms with van der Waals surface area (Å²) in [5.74, 6) is 0.0724. The van der Waals surface area contributed by atoms with Crippen LogP contribution < -0.4 is 5.73 Å². The van der Waals surface area contributed by atoms with E-state index >= 15 is 0 Å². The molecule has 1 saturated heterocycles. The first-order chi connectivity index (χ1) is 10.5. The number of rotatable bonds is 3. The van der Waals surface area contributed by atoms with Crippen molar-refractivity contribution >= 4 is 5.91 Å². The predicted molar refractivity (Wildman–Crippen MR) is 85.7 cm³/mol. The summed E-state index contributed by atoms with van der Waals surface area (Å²) in [5.41, 5.74) is 9.83. The minimum atomic E-state index is 0.0724. The second-order valence-electron chi connectivity index (χ2n) is 6.09. The van der Waals surface area contributed by atoms with Crippen LogP contribution in [0.1, 0.15) is 33.7 Å². The van der Waals surface area contributed by atoms with Crippen molar-refractivity contribution in [2.24, 2.45) is 5.73 Å². The molecule has 0 unspecified atom stereocenters. The Bertz CT molecular complexity index is 692. The van der Waals surface area contributed by atoms with E-state index in [9.17, 15) is 4.79 Å². The third-order valence-electron chi connectivity index (χ3n) is 4.12. The molecule has 5 nitrogen and oxygen atoms in total. The Hall–Kier alpha value is -2.14. The fourth-order valence-corrected chi connectivity index (χ4v) is 2.97. The summed E-state index contributed by atoms with van der Waals surface area (Å²) in [4.78, 5) is 14.4. The van der Waals surface area contributed by atoms with E-state index < -0.39 is 0 Å². The van der Waals surface area contributed by atoms with Gasteiger partial charge in [0, 0.05) is 30.4 Å². The molecule has 0 bridgehead atoms.